The van der Waals surface area contributed by atoms with Crippen LogP contribution in [0.5, 0.6) is 11.5 Å². The molecular formula is C29H26N6O2. The maximum absolute atomic E-state index is 10.9. The first-order valence-corrected chi connectivity index (χ1v) is 12.0. The monoisotopic (exact) mass is 490 g/mol. The molecule has 2 N–H and O–H groups in total. The summed E-state index contributed by atoms with van der Waals surface area (Å²) in [5, 5.41) is 38.4. The van der Waals surface area contributed by atoms with E-state index < -0.39 is 5.41 Å². The number of phenols is 2. The summed E-state index contributed by atoms with van der Waals surface area (Å²) in [6.07, 6.45) is 0. The molecule has 0 unspecified atom stereocenters. The fourth-order valence-corrected chi connectivity index (χ4v) is 5.00. The lowest BCUT2D eigenvalue weighted by Crippen LogP contribution is -2.19. The standard InChI is InChI=1S/C29H26N6O2/c1-29(2,21-13-17(7-11-27(21)36)19-5-9-23-25(15-19)34(3)32-30-23)22-14-18(8-12-28(22)37)20-6-10-24-26(16-20)35(4)33-31-24/h5-16,36-37H,1-4H3. The number of fused-ring (bicyclic) bond motifs is 2. The summed E-state index contributed by atoms with van der Waals surface area (Å²) in [6, 6.07) is 23.2. The Labute approximate surface area is 213 Å². The van der Waals surface area contributed by atoms with Crippen molar-refractivity contribution in [1.82, 2.24) is 30.0 Å². The van der Waals surface area contributed by atoms with Crippen molar-refractivity contribution < 1.29 is 10.2 Å². The van der Waals surface area contributed by atoms with Crippen molar-refractivity contribution in [2.24, 2.45) is 14.1 Å². The number of aromatic hydroxyl groups is 2. The predicted molar refractivity (Wildman–Crippen MR) is 143 cm³/mol. The van der Waals surface area contributed by atoms with Crippen LogP contribution in [0.3, 0.4) is 0 Å². The molecule has 6 aromatic rings. The Bertz CT molecular complexity index is 1680. The van der Waals surface area contributed by atoms with E-state index in [2.05, 4.69) is 20.6 Å². The normalized spacial score (nSPS) is 12.0. The van der Waals surface area contributed by atoms with Crippen molar-refractivity contribution in [2.75, 3.05) is 0 Å². The summed E-state index contributed by atoms with van der Waals surface area (Å²) in [6.45, 7) is 4.01. The summed E-state index contributed by atoms with van der Waals surface area (Å²) in [5.74, 6) is 0.341. The van der Waals surface area contributed by atoms with E-state index in [9.17, 15) is 10.2 Å². The fourth-order valence-electron chi connectivity index (χ4n) is 5.00. The van der Waals surface area contributed by atoms with Gasteiger partial charge in [0, 0.05) is 30.6 Å². The van der Waals surface area contributed by atoms with E-state index >= 15 is 0 Å². The minimum atomic E-state index is -0.698. The van der Waals surface area contributed by atoms with Gasteiger partial charge in [0.25, 0.3) is 0 Å². The fraction of sp³-hybridized carbons (Fsp3) is 0.172. The highest BCUT2D eigenvalue weighted by atomic mass is 16.3. The van der Waals surface area contributed by atoms with Gasteiger partial charge >= 0.3 is 0 Å². The van der Waals surface area contributed by atoms with E-state index in [0.717, 1.165) is 44.3 Å². The van der Waals surface area contributed by atoms with Crippen LogP contribution in [0.15, 0.2) is 72.8 Å². The first-order chi connectivity index (χ1) is 17.7. The van der Waals surface area contributed by atoms with E-state index in [1.54, 1.807) is 21.5 Å². The number of phenolic OH excluding ortho intramolecular Hbond substituents is 2. The molecular weight excluding hydrogens is 464 g/mol. The Morgan fingerprint density at radius 1 is 0.568 bits per heavy atom. The number of rotatable bonds is 4. The first-order valence-electron chi connectivity index (χ1n) is 12.0. The lowest BCUT2D eigenvalue weighted by atomic mass is 9.75. The molecule has 0 saturated carbocycles. The zero-order chi connectivity index (χ0) is 25.9. The van der Waals surface area contributed by atoms with Crippen LogP contribution < -0.4 is 0 Å². The zero-order valence-electron chi connectivity index (χ0n) is 21.0. The van der Waals surface area contributed by atoms with Crippen LogP contribution in [0.2, 0.25) is 0 Å². The van der Waals surface area contributed by atoms with Crippen LogP contribution in [0.4, 0.5) is 0 Å². The van der Waals surface area contributed by atoms with Gasteiger partial charge in [0.1, 0.15) is 22.5 Å². The Balaban J connectivity index is 1.45. The minimum Gasteiger partial charge on any atom is -0.508 e. The van der Waals surface area contributed by atoms with Gasteiger partial charge in [-0.25, -0.2) is 9.36 Å². The molecule has 0 amide bonds. The Morgan fingerprint density at radius 3 is 1.38 bits per heavy atom. The van der Waals surface area contributed by atoms with Crippen molar-refractivity contribution in [3.8, 4) is 33.8 Å². The average molecular weight is 491 g/mol. The number of hydrogen-bond acceptors (Lipinski definition) is 6. The third-order valence-corrected chi connectivity index (χ3v) is 7.23. The molecule has 0 radical (unpaired) electrons. The van der Waals surface area contributed by atoms with Crippen molar-refractivity contribution in [3.63, 3.8) is 0 Å². The van der Waals surface area contributed by atoms with Crippen LogP contribution in [-0.2, 0) is 19.5 Å². The van der Waals surface area contributed by atoms with Crippen LogP contribution in [-0.4, -0.2) is 40.2 Å². The molecule has 0 aliphatic rings. The molecule has 8 nitrogen and oxygen atoms in total. The smallest absolute Gasteiger partial charge is 0.119 e. The second kappa shape index (κ2) is 8.16. The summed E-state index contributed by atoms with van der Waals surface area (Å²) in [7, 11) is 3.73. The maximum Gasteiger partial charge on any atom is 0.119 e. The van der Waals surface area contributed by atoms with Gasteiger partial charge in [0.2, 0.25) is 0 Å². The molecule has 0 aliphatic heterocycles. The third kappa shape index (κ3) is 3.69. The van der Waals surface area contributed by atoms with Crippen LogP contribution in [0.1, 0.15) is 25.0 Å². The summed E-state index contributed by atoms with van der Waals surface area (Å²) in [5.41, 5.74) is 8.13. The van der Waals surface area contributed by atoms with E-state index in [0.29, 0.717) is 11.1 Å². The van der Waals surface area contributed by atoms with Crippen LogP contribution >= 0.6 is 0 Å². The highest BCUT2D eigenvalue weighted by molar-refractivity contribution is 5.83. The van der Waals surface area contributed by atoms with Crippen molar-refractivity contribution in [1.29, 1.82) is 0 Å². The summed E-state index contributed by atoms with van der Waals surface area (Å²) >= 11 is 0. The molecule has 0 spiro atoms. The van der Waals surface area contributed by atoms with Crippen molar-refractivity contribution in [2.45, 2.75) is 19.3 Å². The quantitative estimate of drug-likeness (QED) is 0.347. The number of benzene rings is 4. The number of nitrogens with zero attached hydrogens (tertiary/aromatic N) is 6. The van der Waals surface area contributed by atoms with Gasteiger partial charge in [-0.05, 0) is 70.8 Å². The van der Waals surface area contributed by atoms with E-state index in [4.69, 9.17) is 0 Å². The highest BCUT2D eigenvalue weighted by Crippen LogP contribution is 2.43. The van der Waals surface area contributed by atoms with Gasteiger partial charge in [-0.3, -0.25) is 0 Å². The third-order valence-electron chi connectivity index (χ3n) is 7.23. The van der Waals surface area contributed by atoms with Crippen molar-refractivity contribution in [3.05, 3.63) is 83.9 Å². The van der Waals surface area contributed by atoms with Gasteiger partial charge in [-0.1, -0.05) is 48.5 Å². The SMILES string of the molecule is Cn1nnc2ccc(-c3ccc(O)c(C(C)(C)c4cc(-c5ccc6nnn(C)c6c5)ccc4O)c3)cc21. The Morgan fingerprint density at radius 2 is 0.946 bits per heavy atom. The van der Waals surface area contributed by atoms with Crippen LogP contribution in [0, 0.1) is 0 Å². The minimum absolute atomic E-state index is 0.171. The van der Waals surface area contributed by atoms with Gasteiger partial charge in [0.05, 0.1) is 11.0 Å². The molecule has 0 bridgehead atoms. The summed E-state index contributed by atoms with van der Waals surface area (Å²) in [4.78, 5) is 0. The number of hydrogen-bond donors (Lipinski definition) is 2. The van der Waals surface area contributed by atoms with E-state index in [1.807, 2.05) is 88.6 Å². The molecule has 2 heterocycles. The molecule has 37 heavy (non-hydrogen) atoms. The molecule has 2 aromatic heterocycles. The van der Waals surface area contributed by atoms with Gasteiger partial charge < -0.3 is 10.2 Å². The van der Waals surface area contributed by atoms with E-state index in [1.165, 1.54) is 0 Å². The topological polar surface area (TPSA) is 102 Å². The van der Waals surface area contributed by atoms with Crippen molar-refractivity contribution >= 4 is 22.1 Å². The maximum atomic E-state index is 10.9. The Hall–Kier alpha value is -4.72. The molecule has 6 rings (SSSR count). The number of aromatic nitrogens is 6. The lowest BCUT2D eigenvalue weighted by Gasteiger charge is -2.29. The van der Waals surface area contributed by atoms with E-state index in [-0.39, 0.29) is 11.5 Å². The molecule has 4 aromatic carbocycles. The second-order valence-electron chi connectivity index (χ2n) is 9.92. The number of aryl methyl sites for hydroxylation is 2. The highest BCUT2D eigenvalue weighted by Gasteiger charge is 2.30. The second-order valence-corrected chi connectivity index (χ2v) is 9.92. The molecule has 184 valence electrons. The first kappa shape index (κ1) is 22.7. The molecule has 0 atom stereocenters. The molecule has 0 fully saturated rings. The predicted octanol–water partition coefficient (Wildman–Crippen LogP) is 5.32. The largest absolute Gasteiger partial charge is 0.508 e. The summed E-state index contributed by atoms with van der Waals surface area (Å²) < 4.78 is 3.49. The van der Waals surface area contributed by atoms with Gasteiger partial charge in [0.15, 0.2) is 0 Å². The molecule has 8 heteroatoms. The molecule has 0 saturated heterocycles. The molecule has 0 aliphatic carbocycles. The lowest BCUT2D eigenvalue weighted by molar-refractivity contribution is 0.436. The Kier molecular flexibility index (Phi) is 5.01. The zero-order valence-corrected chi connectivity index (χ0v) is 21.0. The van der Waals surface area contributed by atoms with Gasteiger partial charge in [-0.15, -0.1) is 10.2 Å². The van der Waals surface area contributed by atoms with Gasteiger partial charge in [-0.2, -0.15) is 0 Å². The average Bonchev–Trinajstić information content (AvgIpc) is 3.46. The van der Waals surface area contributed by atoms with Crippen LogP contribution in [0.25, 0.3) is 44.3 Å².